The molecule has 0 amide bonds. The minimum atomic E-state index is -3.10. The number of aliphatic hydroxyl groups is 1. The molecule has 2 unspecified atom stereocenters. The summed E-state index contributed by atoms with van der Waals surface area (Å²) >= 11 is 0. The van der Waals surface area contributed by atoms with E-state index in [4.69, 9.17) is 15.0 Å². The summed E-state index contributed by atoms with van der Waals surface area (Å²) in [6, 6.07) is 0. The molecule has 2 atom stereocenters. The fraction of sp³-hybridized carbons (Fsp3) is 0.929. The van der Waals surface area contributed by atoms with Crippen LogP contribution in [-0.4, -0.2) is 49.6 Å². The van der Waals surface area contributed by atoms with Crippen LogP contribution in [0.1, 0.15) is 39.0 Å². The van der Waals surface area contributed by atoms with Gasteiger partial charge in [-0.1, -0.05) is 19.3 Å². The lowest BCUT2D eigenvalue weighted by Crippen LogP contribution is -2.26. The van der Waals surface area contributed by atoms with Crippen molar-refractivity contribution in [3.8, 4) is 0 Å². The molecule has 22 heavy (non-hydrogen) atoms. The third kappa shape index (κ3) is 7.58. The van der Waals surface area contributed by atoms with Crippen LogP contribution < -0.4 is 5.73 Å². The second-order valence-electron chi connectivity index (χ2n) is 5.65. The summed E-state index contributed by atoms with van der Waals surface area (Å²) in [4.78, 5) is 11.1. The first-order valence-electron chi connectivity index (χ1n) is 7.89. The van der Waals surface area contributed by atoms with Crippen LogP contribution in [0.25, 0.3) is 0 Å². The number of ether oxygens (including phenoxy) is 2. The number of rotatable bonds is 9. The summed E-state index contributed by atoms with van der Waals surface area (Å²) in [5.41, 5.74) is 5.40. The zero-order chi connectivity index (χ0) is 16.4. The van der Waals surface area contributed by atoms with Crippen molar-refractivity contribution in [2.75, 3.05) is 32.3 Å². The summed E-state index contributed by atoms with van der Waals surface area (Å²) in [5.74, 6) is 0.326. The predicted octanol–water partition coefficient (Wildman–Crippen LogP) is 2.31. The van der Waals surface area contributed by atoms with Crippen molar-refractivity contribution >= 4 is 13.5 Å². The minimum absolute atomic E-state index is 0.00775. The Morgan fingerprint density at radius 2 is 2.00 bits per heavy atom. The van der Waals surface area contributed by atoms with Crippen molar-refractivity contribution in [2.45, 2.75) is 45.1 Å². The fourth-order valence-corrected chi connectivity index (χ4v) is 5.22. The van der Waals surface area contributed by atoms with Crippen LogP contribution in [-0.2, 0) is 18.6 Å². The van der Waals surface area contributed by atoms with Crippen molar-refractivity contribution in [2.24, 2.45) is 11.7 Å². The highest BCUT2D eigenvalue weighted by Crippen LogP contribution is 2.51. The topological polar surface area (TPSA) is 108 Å². The van der Waals surface area contributed by atoms with Crippen LogP contribution in [0.2, 0.25) is 0 Å². The number of aliphatic hydroxyl groups excluding tert-OH is 1. The van der Waals surface area contributed by atoms with Crippen molar-refractivity contribution in [3.63, 3.8) is 0 Å². The molecule has 1 rings (SSSR count). The number of nitrogens with two attached hydrogens (primary N) is 1. The van der Waals surface area contributed by atoms with Gasteiger partial charge in [-0.05, 0) is 25.7 Å². The van der Waals surface area contributed by atoms with E-state index >= 15 is 0 Å². The van der Waals surface area contributed by atoms with Gasteiger partial charge in [0.05, 0.1) is 18.9 Å². The van der Waals surface area contributed by atoms with E-state index in [0.29, 0.717) is 12.1 Å². The molecule has 0 aliphatic heterocycles. The van der Waals surface area contributed by atoms with E-state index < -0.39 is 26.4 Å². The Hall–Kier alpha value is -0.620. The highest BCUT2D eigenvalue weighted by atomic mass is 31.2. The maximum absolute atomic E-state index is 12.9. The number of carbonyl (C=O) groups excluding carboxylic acids is 1. The van der Waals surface area contributed by atoms with Gasteiger partial charge in [-0.15, -0.1) is 0 Å². The smallest absolute Gasteiger partial charge is 0.435 e. The molecule has 1 saturated carbocycles. The van der Waals surface area contributed by atoms with Gasteiger partial charge in [-0.3, -0.25) is 9.09 Å². The molecule has 0 bridgehead atoms. The van der Waals surface area contributed by atoms with Gasteiger partial charge in [0.25, 0.3) is 0 Å². The zero-order valence-corrected chi connectivity index (χ0v) is 14.1. The lowest BCUT2D eigenvalue weighted by atomic mass is 9.91. The summed E-state index contributed by atoms with van der Waals surface area (Å²) in [7, 11) is -3.10. The third-order valence-electron chi connectivity index (χ3n) is 3.75. The summed E-state index contributed by atoms with van der Waals surface area (Å²) in [6.45, 7) is 1.45. The molecule has 0 heterocycles. The van der Waals surface area contributed by atoms with Gasteiger partial charge in [0.1, 0.15) is 0 Å². The third-order valence-corrected chi connectivity index (χ3v) is 6.38. The van der Waals surface area contributed by atoms with E-state index in [1.54, 1.807) is 6.92 Å². The molecule has 1 aliphatic rings. The average Bonchev–Trinajstić information content (AvgIpc) is 2.48. The van der Waals surface area contributed by atoms with Crippen molar-refractivity contribution in [1.29, 1.82) is 0 Å². The first kappa shape index (κ1) is 19.4. The predicted molar refractivity (Wildman–Crippen MR) is 83.0 cm³/mol. The maximum atomic E-state index is 12.9. The molecule has 0 spiro atoms. The van der Waals surface area contributed by atoms with Crippen LogP contribution >= 0.6 is 7.37 Å². The average molecular weight is 337 g/mol. The van der Waals surface area contributed by atoms with Crippen LogP contribution in [0.15, 0.2) is 0 Å². The van der Waals surface area contributed by atoms with E-state index in [1.807, 2.05) is 0 Å². The molecule has 1 aliphatic carbocycles. The Balaban J connectivity index is 2.53. The van der Waals surface area contributed by atoms with Gasteiger partial charge in [0.15, 0.2) is 0 Å². The maximum Gasteiger partial charge on any atom is 0.510 e. The molecule has 3 N–H and O–H groups in total. The monoisotopic (exact) mass is 337 g/mol. The molecule has 1 fully saturated rings. The number of carbonyl (C=O) groups is 1. The van der Waals surface area contributed by atoms with Gasteiger partial charge in [-0.2, -0.15) is 0 Å². The molecule has 0 aromatic heterocycles. The van der Waals surface area contributed by atoms with Gasteiger partial charge in [-0.25, -0.2) is 4.79 Å². The lowest BCUT2D eigenvalue weighted by molar-refractivity contribution is 0.00728. The summed E-state index contributed by atoms with van der Waals surface area (Å²) < 4.78 is 27.6. The first-order valence-corrected chi connectivity index (χ1v) is 9.89. The molecular formula is C14H28NO6P. The van der Waals surface area contributed by atoms with Gasteiger partial charge < -0.3 is 20.3 Å². The summed E-state index contributed by atoms with van der Waals surface area (Å²) in [6.07, 6.45) is 4.16. The molecule has 0 radical (unpaired) electrons. The second kappa shape index (κ2) is 10.2. The van der Waals surface area contributed by atoms with Gasteiger partial charge in [0, 0.05) is 12.7 Å². The van der Waals surface area contributed by atoms with Crippen molar-refractivity contribution in [3.05, 3.63) is 0 Å². The SMILES string of the molecule is CCOC(=O)OCOP(=O)(CC(O)CN)CC1CCCCC1. The molecule has 7 nitrogen and oxygen atoms in total. The van der Waals surface area contributed by atoms with Crippen LogP contribution in [0.3, 0.4) is 0 Å². The molecule has 8 heteroatoms. The van der Waals surface area contributed by atoms with E-state index in [-0.39, 0.29) is 19.3 Å². The quantitative estimate of drug-likeness (QED) is 0.377. The fourth-order valence-electron chi connectivity index (χ4n) is 2.67. The Kier molecular flexibility index (Phi) is 9.02. The van der Waals surface area contributed by atoms with E-state index in [9.17, 15) is 14.5 Å². The Labute approximate surface area is 131 Å². The normalized spacial score (nSPS) is 20.1. The van der Waals surface area contributed by atoms with Crippen molar-refractivity contribution in [1.82, 2.24) is 0 Å². The second-order valence-corrected chi connectivity index (χ2v) is 8.27. The molecule has 130 valence electrons. The van der Waals surface area contributed by atoms with Crippen molar-refractivity contribution < 1.29 is 28.5 Å². The van der Waals surface area contributed by atoms with E-state index in [2.05, 4.69) is 4.74 Å². The molecular weight excluding hydrogens is 309 g/mol. The number of hydrogen-bond donors (Lipinski definition) is 2. The highest BCUT2D eigenvalue weighted by molar-refractivity contribution is 7.59. The Morgan fingerprint density at radius 1 is 1.32 bits per heavy atom. The standard InChI is InChI=1S/C14H28NO6P/c1-2-19-14(17)20-11-21-22(18,10-13(16)8-15)9-12-6-4-3-5-7-12/h12-13,16H,2-11,15H2,1H3. The zero-order valence-electron chi connectivity index (χ0n) is 13.2. The minimum Gasteiger partial charge on any atom is -0.435 e. The number of hydrogen-bond acceptors (Lipinski definition) is 7. The van der Waals surface area contributed by atoms with E-state index in [1.165, 1.54) is 6.42 Å². The molecule has 0 saturated heterocycles. The van der Waals surface area contributed by atoms with Crippen LogP contribution in [0.5, 0.6) is 0 Å². The van der Waals surface area contributed by atoms with Crippen LogP contribution in [0.4, 0.5) is 4.79 Å². The largest absolute Gasteiger partial charge is 0.510 e. The van der Waals surface area contributed by atoms with E-state index in [0.717, 1.165) is 25.7 Å². The van der Waals surface area contributed by atoms with Gasteiger partial charge in [0.2, 0.25) is 14.2 Å². The Bertz CT molecular complexity index is 372. The molecule has 0 aromatic rings. The first-order chi connectivity index (χ1) is 10.5. The summed E-state index contributed by atoms with van der Waals surface area (Å²) in [5, 5.41) is 9.71. The lowest BCUT2D eigenvalue weighted by Gasteiger charge is -2.27. The van der Waals surface area contributed by atoms with Gasteiger partial charge >= 0.3 is 6.16 Å². The Morgan fingerprint density at radius 3 is 2.59 bits per heavy atom. The van der Waals surface area contributed by atoms with Crippen LogP contribution in [0, 0.1) is 5.92 Å². The highest BCUT2D eigenvalue weighted by Gasteiger charge is 2.31. The molecule has 0 aromatic carbocycles.